The molecule has 1 aliphatic heterocycles. The molecule has 9 heteroatoms. The molecule has 0 atom stereocenters. The van der Waals surface area contributed by atoms with E-state index in [-0.39, 0.29) is 5.91 Å². The number of ether oxygens (including phenoxy) is 2. The Hall–Kier alpha value is -3.98. The monoisotopic (exact) mass is 515 g/mol. The van der Waals surface area contributed by atoms with Crippen LogP contribution >= 0.6 is 11.3 Å². The van der Waals surface area contributed by atoms with E-state index in [2.05, 4.69) is 31.6 Å². The van der Waals surface area contributed by atoms with Gasteiger partial charge in [-0.15, -0.1) is 28.1 Å². The summed E-state index contributed by atoms with van der Waals surface area (Å²) in [6.07, 6.45) is 6.97. The van der Waals surface area contributed by atoms with Crippen molar-refractivity contribution in [1.29, 1.82) is 0 Å². The topological polar surface area (TPSA) is 91.2 Å². The predicted molar refractivity (Wildman–Crippen MR) is 145 cm³/mol. The van der Waals surface area contributed by atoms with Crippen molar-refractivity contribution in [1.82, 2.24) is 19.7 Å². The number of fused-ring (bicyclic) bond motifs is 1. The van der Waals surface area contributed by atoms with Crippen molar-refractivity contribution in [3.63, 3.8) is 0 Å². The maximum Gasteiger partial charge on any atom is 0.257 e. The van der Waals surface area contributed by atoms with Crippen molar-refractivity contribution in [2.75, 3.05) is 11.9 Å². The number of aryl methyl sites for hydroxylation is 2. The average molecular weight is 516 g/mol. The molecule has 0 spiro atoms. The molecule has 2 aromatic carbocycles. The van der Waals surface area contributed by atoms with Gasteiger partial charge in [0, 0.05) is 35.5 Å². The quantitative estimate of drug-likeness (QED) is 0.204. The summed E-state index contributed by atoms with van der Waals surface area (Å²) in [6, 6.07) is 12.9. The van der Waals surface area contributed by atoms with Crippen LogP contribution in [-0.4, -0.2) is 32.3 Å². The van der Waals surface area contributed by atoms with Gasteiger partial charge >= 0.3 is 0 Å². The highest BCUT2D eigenvalue weighted by molar-refractivity contribution is 7.13. The number of amides is 1. The van der Waals surface area contributed by atoms with E-state index in [4.69, 9.17) is 9.47 Å². The molecule has 190 valence electrons. The van der Waals surface area contributed by atoms with Gasteiger partial charge in [0.05, 0.1) is 12.3 Å². The first kappa shape index (κ1) is 24.7. The zero-order valence-electron chi connectivity index (χ0n) is 20.8. The Morgan fingerprint density at radius 1 is 1.11 bits per heavy atom. The van der Waals surface area contributed by atoms with Gasteiger partial charge in [0.1, 0.15) is 23.1 Å². The van der Waals surface area contributed by atoms with Gasteiger partial charge in [0.2, 0.25) is 0 Å². The van der Waals surface area contributed by atoms with Crippen LogP contribution in [-0.2, 0) is 13.0 Å². The average Bonchev–Trinajstić information content (AvgIpc) is 3.42. The van der Waals surface area contributed by atoms with Gasteiger partial charge in [-0.1, -0.05) is 12.5 Å². The number of carbonyl (C=O) groups is 1. The minimum Gasteiger partial charge on any atom is -0.493 e. The van der Waals surface area contributed by atoms with E-state index < -0.39 is 0 Å². The second-order valence-corrected chi connectivity index (χ2v) is 9.75. The molecule has 0 fully saturated rings. The fraction of sp³-hybridized carbons (Fsp3) is 0.286. The highest BCUT2D eigenvalue weighted by Gasteiger charge is 2.17. The summed E-state index contributed by atoms with van der Waals surface area (Å²) >= 11 is 1.38. The highest BCUT2D eigenvalue weighted by atomic mass is 32.1. The molecule has 0 unspecified atom stereocenters. The van der Waals surface area contributed by atoms with Gasteiger partial charge in [0.25, 0.3) is 5.91 Å². The zero-order valence-corrected chi connectivity index (χ0v) is 21.6. The van der Waals surface area contributed by atoms with Crippen LogP contribution in [0.2, 0.25) is 0 Å². The van der Waals surface area contributed by atoms with Crippen LogP contribution in [0.4, 0.5) is 5.13 Å². The number of hydrogen-bond donors (Lipinski definition) is 1. The van der Waals surface area contributed by atoms with Crippen molar-refractivity contribution in [2.24, 2.45) is 0 Å². The van der Waals surface area contributed by atoms with Gasteiger partial charge < -0.3 is 14.0 Å². The van der Waals surface area contributed by atoms with E-state index >= 15 is 0 Å². The predicted octanol–water partition coefficient (Wildman–Crippen LogP) is 6.44. The number of carbonyl (C=O) groups excluding carboxylic acids is 1. The molecule has 2 aromatic heterocycles. The second kappa shape index (κ2) is 11.4. The van der Waals surface area contributed by atoms with Crippen molar-refractivity contribution >= 4 is 22.4 Å². The fourth-order valence-electron chi connectivity index (χ4n) is 4.19. The van der Waals surface area contributed by atoms with E-state index in [0.29, 0.717) is 41.0 Å². The molecule has 0 saturated heterocycles. The summed E-state index contributed by atoms with van der Waals surface area (Å²) in [7, 11) is 0. The third kappa shape index (κ3) is 6.06. The molecule has 0 radical (unpaired) electrons. The molecule has 37 heavy (non-hydrogen) atoms. The van der Waals surface area contributed by atoms with Crippen LogP contribution in [0.15, 0.2) is 60.5 Å². The summed E-state index contributed by atoms with van der Waals surface area (Å²) in [5.74, 6) is 3.35. The van der Waals surface area contributed by atoms with E-state index in [1.165, 1.54) is 17.8 Å². The second-order valence-electron chi connectivity index (χ2n) is 8.90. The lowest BCUT2D eigenvalue weighted by Crippen LogP contribution is -2.12. The number of benzene rings is 2. The molecule has 4 aromatic rings. The minimum absolute atomic E-state index is 0.281. The number of hydrogen-bond acceptors (Lipinski definition) is 7. The first-order chi connectivity index (χ1) is 18.1. The number of aromatic nitrogens is 4. The van der Waals surface area contributed by atoms with E-state index in [0.717, 1.165) is 48.7 Å². The first-order valence-electron chi connectivity index (χ1n) is 12.4. The van der Waals surface area contributed by atoms with Crippen LogP contribution in [0.25, 0.3) is 11.4 Å². The standard InChI is InChI=1S/C28H29N5O3S/c1-3-4-14-35-23-15-21(27(34)30-28-29-19(2)18-37-28)16-24(17-23)36-22-11-9-20(10-12-22)26-32-31-25-8-6-5-7-13-33(25)26/h3,9-12,15-18H,1,4-8,13-14H2,2H3,(H,29,30,34). The first-order valence-corrected chi connectivity index (χ1v) is 13.3. The lowest BCUT2D eigenvalue weighted by Gasteiger charge is -2.12. The minimum atomic E-state index is -0.281. The van der Waals surface area contributed by atoms with Crippen LogP contribution in [0.1, 0.15) is 47.6 Å². The van der Waals surface area contributed by atoms with Gasteiger partial charge in [-0.25, -0.2) is 4.98 Å². The summed E-state index contributed by atoms with van der Waals surface area (Å²) < 4.78 is 14.2. The molecular formula is C28H29N5O3S. The SMILES string of the molecule is C=CCCOc1cc(Oc2ccc(-c3nnc4n3CCCCC4)cc2)cc(C(=O)Nc2nc(C)cs2)c1. The molecule has 0 aliphatic carbocycles. The van der Waals surface area contributed by atoms with Crippen LogP contribution in [0, 0.1) is 6.92 Å². The molecule has 1 amide bonds. The lowest BCUT2D eigenvalue weighted by molar-refractivity contribution is 0.102. The van der Waals surface area contributed by atoms with Crippen molar-refractivity contribution in [3.8, 4) is 28.6 Å². The Labute approximate surface area is 220 Å². The van der Waals surface area contributed by atoms with Crippen LogP contribution in [0.3, 0.4) is 0 Å². The van der Waals surface area contributed by atoms with E-state index in [9.17, 15) is 4.79 Å². The number of nitrogens with one attached hydrogen (secondary N) is 1. The van der Waals surface area contributed by atoms with Gasteiger partial charge in [0.15, 0.2) is 11.0 Å². The molecular weight excluding hydrogens is 486 g/mol. The summed E-state index contributed by atoms with van der Waals surface area (Å²) in [5.41, 5.74) is 2.27. The van der Waals surface area contributed by atoms with Crippen LogP contribution < -0.4 is 14.8 Å². The number of nitrogens with zero attached hydrogens (tertiary/aromatic N) is 4. The molecule has 1 N–H and O–H groups in total. The largest absolute Gasteiger partial charge is 0.493 e. The normalized spacial score (nSPS) is 12.9. The Morgan fingerprint density at radius 2 is 1.95 bits per heavy atom. The molecule has 3 heterocycles. The number of thiazole rings is 1. The third-order valence-electron chi connectivity index (χ3n) is 6.03. The maximum atomic E-state index is 12.9. The third-order valence-corrected chi connectivity index (χ3v) is 6.91. The van der Waals surface area contributed by atoms with Crippen LogP contribution in [0.5, 0.6) is 17.2 Å². The summed E-state index contributed by atoms with van der Waals surface area (Å²) in [6.45, 7) is 7.01. The highest BCUT2D eigenvalue weighted by Crippen LogP contribution is 2.30. The number of anilines is 1. The van der Waals surface area contributed by atoms with Gasteiger partial charge in [-0.05, 0) is 62.6 Å². The Balaban J connectivity index is 1.36. The van der Waals surface area contributed by atoms with E-state index in [1.807, 2.05) is 36.6 Å². The molecule has 1 aliphatic rings. The van der Waals surface area contributed by atoms with E-state index in [1.54, 1.807) is 24.3 Å². The van der Waals surface area contributed by atoms with Gasteiger partial charge in [-0.2, -0.15) is 0 Å². The van der Waals surface area contributed by atoms with Gasteiger partial charge in [-0.3, -0.25) is 10.1 Å². The molecule has 0 saturated carbocycles. The Kier molecular flexibility index (Phi) is 7.60. The molecule has 8 nitrogen and oxygen atoms in total. The van der Waals surface area contributed by atoms with Crippen molar-refractivity contribution in [2.45, 2.75) is 45.6 Å². The smallest absolute Gasteiger partial charge is 0.257 e. The maximum absolute atomic E-state index is 12.9. The molecule has 5 rings (SSSR count). The fourth-order valence-corrected chi connectivity index (χ4v) is 4.88. The lowest BCUT2D eigenvalue weighted by atomic mass is 10.1. The summed E-state index contributed by atoms with van der Waals surface area (Å²) in [5, 5.41) is 14.1. The Bertz CT molecular complexity index is 1390. The molecule has 0 bridgehead atoms. The summed E-state index contributed by atoms with van der Waals surface area (Å²) in [4.78, 5) is 17.3. The zero-order chi connectivity index (χ0) is 25.6. The Morgan fingerprint density at radius 3 is 2.73 bits per heavy atom. The van der Waals surface area contributed by atoms with Crippen molar-refractivity contribution < 1.29 is 14.3 Å². The number of rotatable bonds is 9. The van der Waals surface area contributed by atoms with Crippen molar-refractivity contribution in [3.05, 3.63) is 77.6 Å².